The van der Waals surface area contributed by atoms with Crippen molar-refractivity contribution < 1.29 is 4.79 Å². The molecule has 98 valence electrons. The van der Waals surface area contributed by atoms with Gasteiger partial charge in [0.1, 0.15) is 5.82 Å². The summed E-state index contributed by atoms with van der Waals surface area (Å²) in [6, 6.07) is 16.7. The third-order valence-corrected chi connectivity index (χ3v) is 2.95. The van der Waals surface area contributed by atoms with E-state index in [4.69, 9.17) is 0 Å². The highest BCUT2D eigenvalue weighted by molar-refractivity contribution is 6.04. The first-order valence-corrected chi connectivity index (χ1v) is 6.29. The van der Waals surface area contributed by atoms with Crippen molar-refractivity contribution in [2.24, 2.45) is 0 Å². The van der Waals surface area contributed by atoms with E-state index in [1.54, 1.807) is 24.5 Å². The molecule has 2 aromatic carbocycles. The molecule has 0 aliphatic rings. The molecule has 0 radical (unpaired) electrons. The first-order valence-electron chi connectivity index (χ1n) is 6.29. The van der Waals surface area contributed by atoms with E-state index in [0.717, 1.165) is 17.1 Å². The summed E-state index contributed by atoms with van der Waals surface area (Å²) >= 11 is 0. The fourth-order valence-corrected chi connectivity index (χ4v) is 1.93. The zero-order chi connectivity index (χ0) is 13.8. The predicted molar refractivity (Wildman–Crippen MR) is 78.4 cm³/mol. The van der Waals surface area contributed by atoms with Crippen molar-refractivity contribution in [2.45, 2.75) is 0 Å². The fourth-order valence-electron chi connectivity index (χ4n) is 1.93. The van der Waals surface area contributed by atoms with Gasteiger partial charge in [0.15, 0.2) is 0 Å². The maximum atomic E-state index is 12.1. The highest BCUT2D eigenvalue weighted by Crippen LogP contribution is 2.16. The van der Waals surface area contributed by atoms with Crippen molar-refractivity contribution in [3.63, 3.8) is 0 Å². The van der Waals surface area contributed by atoms with Crippen LogP contribution < -0.4 is 5.32 Å². The van der Waals surface area contributed by atoms with Crippen LogP contribution >= 0.6 is 0 Å². The van der Waals surface area contributed by atoms with Crippen LogP contribution in [-0.2, 0) is 0 Å². The van der Waals surface area contributed by atoms with Crippen LogP contribution in [0.25, 0.3) is 11.4 Å². The van der Waals surface area contributed by atoms with E-state index in [1.165, 1.54) is 0 Å². The zero-order valence-corrected chi connectivity index (χ0v) is 10.7. The minimum Gasteiger partial charge on any atom is -0.345 e. The molecule has 3 rings (SSSR count). The van der Waals surface area contributed by atoms with Crippen molar-refractivity contribution in [3.05, 3.63) is 72.6 Å². The average molecular weight is 263 g/mol. The summed E-state index contributed by atoms with van der Waals surface area (Å²) < 4.78 is 0. The Bertz CT molecular complexity index is 688. The van der Waals surface area contributed by atoms with Gasteiger partial charge in [0, 0.05) is 29.2 Å². The second kappa shape index (κ2) is 5.40. The van der Waals surface area contributed by atoms with Crippen LogP contribution in [0.1, 0.15) is 10.4 Å². The lowest BCUT2D eigenvalue weighted by Crippen LogP contribution is -2.11. The summed E-state index contributed by atoms with van der Waals surface area (Å²) in [5.74, 6) is 0.669. The molecule has 20 heavy (non-hydrogen) atoms. The SMILES string of the molecule is O=C(Nc1ccccc1)c1ccc(-c2ncc[nH]2)cc1. The zero-order valence-electron chi connectivity index (χ0n) is 10.7. The fraction of sp³-hybridized carbons (Fsp3) is 0. The molecule has 0 spiro atoms. The molecule has 0 saturated heterocycles. The molecule has 1 amide bonds. The second-order valence-corrected chi connectivity index (χ2v) is 4.34. The largest absolute Gasteiger partial charge is 0.345 e. The Labute approximate surface area is 116 Å². The molecule has 0 bridgehead atoms. The number of nitrogens with zero attached hydrogens (tertiary/aromatic N) is 1. The van der Waals surface area contributed by atoms with Gasteiger partial charge < -0.3 is 10.3 Å². The van der Waals surface area contributed by atoms with Crippen LogP contribution in [0, 0.1) is 0 Å². The van der Waals surface area contributed by atoms with Crippen LogP contribution in [-0.4, -0.2) is 15.9 Å². The standard InChI is InChI=1S/C16H13N3O/c20-16(19-14-4-2-1-3-5-14)13-8-6-12(7-9-13)15-17-10-11-18-15/h1-11H,(H,17,18)(H,19,20). The van der Waals surface area contributed by atoms with E-state index >= 15 is 0 Å². The number of hydrogen-bond donors (Lipinski definition) is 2. The average Bonchev–Trinajstić information content (AvgIpc) is 3.03. The normalized spacial score (nSPS) is 10.2. The first-order chi connectivity index (χ1) is 9.83. The maximum Gasteiger partial charge on any atom is 0.255 e. The number of amides is 1. The topological polar surface area (TPSA) is 57.8 Å². The molecule has 2 N–H and O–H groups in total. The number of carbonyl (C=O) groups is 1. The Balaban J connectivity index is 1.76. The van der Waals surface area contributed by atoms with Crippen molar-refractivity contribution in [1.29, 1.82) is 0 Å². The van der Waals surface area contributed by atoms with Gasteiger partial charge in [0.05, 0.1) is 0 Å². The van der Waals surface area contributed by atoms with Crippen LogP contribution in [0.5, 0.6) is 0 Å². The predicted octanol–water partition coefficient (Wildman–Crippen LogP) is 3.33. The molecule has 0 aliphatic carbocycles. The lowest BCUT2D eigenvalue weighted by Gasteiger charge is -2.05. The van der Waals surface area contributed by atoms with Gasteiger partial charge in [0.2, 0.25) is 0 Å². The number of rotatable bonds is 3. The molecule has 4 nitrogen and oxygen atoms in total. The summed E-state index contributed by atoms with van der Waals surface area (Å²) in [7, 11) is 0. The highest BCUT2D eigenvalue weighted by atomic mass is 16.1. The number of anilines is 1. The van der Waals surface area contributed by atoms with Crippen LogP contribution in [0.2, 0.25) is 0 Å². The molecule has 0 atom stereocenters. The lowest BCUT2D eigenvalue weighted by atomic mass is 10.1. The summed E-state index contributed by atoms with van der Waals surface area (Å²) in [6.07, 6.45) is 3.47. The molecular weight excluding hydrogens is 250 g/mol. The van der Waals surface area contributed by atoms with Crippen LogP contribution in [0.4, 0.5) is 5.69 Å². The van der Waals surface area contributed by atoms with Gasteiger partial charge >= 0.3 is 0 Å². The van der Waals surface area contributed by atoms with Crippen molar-refractivity contribution in [2.75, 3.05) is 5.32 Å². The number of hydrogen-bond acceptors (Lipinski definition) is 2. The van der Waals surface area contributed by atoms with E-state index in [2.05, 4.69) is 15.3 Å². The molecule has 3 aromatic rings. The number of carbonyl (C=O) groups excluding carboxylic acids is 1. The quantitative estimate of drug-likeness (QED) is 0.761. The van der Waals surface area contributed by atoms with E-state index in [1.807, 2.05) is 42.5 Å². The summed E-state index contributed by atoms with van der Waals surface area (Å²) in [5.41, 5.74) is 2.35. The minimum absolute atomic E-state index is 0.123. The highest BCUT2D eigenvalue weighted by Gasteiger charge is 2.06. The smallest absolute Gasteiger partial charge is 0.255 e. The van der Waals surface area contributed by atoms with Gasteiger partial charge in [-0.3, -0.25) is 4.79 Å². The van der Waals surface area contributed by atoms with Crippen LogP contribution in [0.3, 0.4) is 0 Å². The van der Waals surface area contributed by atoms with E-state index in [9.17, 15) is 4.79 Å². The third kappa shape index (κ3) is 2.59. The number of para-hydroxylation sites is 1. The van der Waals surface area contributed by atoms with E-state index in [0.29, 0.717) is 5.56 Å². The Morgan fingerprint density at radius 1 is 1.00 bits per heavy atom. The Hall–Kier alpha value is -2.88. The van der Waals surface area contributed by atoms with E-state index in [-0.39, 0.29) is 5.91 Å². The molecule has 0 saturated carbocycles. The molecule has 1 aromatic heterocycles. The molecule has 4 heteroatoms. The number of aromatic nitrogens is 2. The van der Waals surface area contributed by atoms with Gasteiger partial charge in [-0.1, -0.05) is 30.3 Å². The number of H-pyrrole nitrogens is 1. The first kappa shape index (κ1) is 12.2. The van der Waals surface area contributed by atoms with Gasteiger partial charge in [-0.05, 0) is 24.3 Å². The summed E-state index contributed by atoms with van der Waals surface area (Å²) in [6.45, 7) is 0. The van der Waals surface area contributed by atoms with E-state index < -0.39 is 0 Å². The van der Waals surface area contributed by atoms with Gasteiger partial charge in [-0.25, -0.2) is 4.98 Å². The number of benzene rings is 2. The second-order valence-electron chi connectivity index (χ2n) is 4.34. The third-order valence-electron chi connectivity index (χ3n) is 2.95. The number of aromatic amines is 1. The summed E-state index contributed by atoms with van der Waals surface area (Å²) in [4.78, 5) is 19.3. The Morgan fingerprint density at radius 3 is 2.40 bits per heavy atom. The molecule has 0 fully saturated rings. The maximum absolute atomic E-state index is 12.1. The van der Waals surface area contributed by atoms with Gasteiger partial charge in [-0.2, -0.15) is 0 Å². The number of imidazole rings is 1. The Morgan fingerprint density at radius 2 is 1.75 bits per heavy atom. The molecular formula is C16H13N3O. The molecule has 1 heterocycles. The minimum atomic E-state index is -0.123. The Kier molecular flexibility index (Phi) is 3.29. The summed E-state index contributed by atoms with van der Waals surface area (Å²) in [5, 5.41) is 2.85. The van der Waals surface area contributed by atoms with Crippen LogP contribution in [0.15, 0.2) is 67.0 Å². The van der Waals surface area contributed by atoms with Crippen molar-refractivity contribution in [1.82, 2.24) is 9.97 Å². The van der Waals surface area contributed by atoms with Crippen molar-refractivity contribution >= 4 is 11.6 Å². The van der Waals surface area contributed by atoms with Crippen molar-refractivity contribution in [3.8, 4) is 11.4 Å². The number of nitrogens with one attached hydrogen (secondary N) is 2. The molecule has 0 unspecified atom stereocenters. The molecule has 0 aliphatic heterocycles. The van der Waals surface area contributed by atoms with Gasteiger partial charge in [-0.15, -0.1) is 0 Å². The monoisotopic (exact) mass is 263 g/mol. The van der Waals surface area contributed by atoms with Gasteiger partial charge in [0.25, 0.3) is 5.91 Å². The lowest BCUT2D eigenvalue weighted by molar-refractivity contribution is 0.102.